The molecule has 0 atom stereocenters. The summed E-state index contributed by atoms with van der Waals surface area (Å²) < 4.78 is 0. The van der Waals surface area contributed by atoms with Gasteiger partial charge >= 0.3 is 6.03 Å². The number of benzene rings is 1. The summed E-state index contributed by atoms with van der Waals surface area (Å²) in [6, 6.07) is 23.7. The predicted octanol–water partition coefficient (Wildman–Crippen LogP) is 4.85. The van der Waals surface area contributed by atoms with Crippen molar-refractivity contribution in [2.45, 2.75) is 0 Å². The largest absolute Gasteiger partial charge is 0.323 e. The van der Waals surface area contributed by atoms with Gasteiger partial charge in [-0.25, -0.2) is 9.78 Å². The number of pyridine rings is 3. The van der Waals surface area contributed by atoms with Crippen LogP contribution in [0.15, 0.2) is 91.3 Å². The minimum absolute atomic E-state index is 0.337. The van der Waals surface area contributed by atoms with Gasteiger partial charge in [0.25, 0.3) is 0 Å². The summed E-state index contributed by atoms with van der Waals surface area (Å²) in [7, 11) is 0. The van der Waals surface area contributed by atoms with Crippen molar-refractivity contribution in [2.75, 3.05) is 10.6 Å². The smallest absolute Gasteiger partial charge is 0.308 e. The fraction of sp³-hybridized carbons (Fsp3) is 0. The third-order valence-corrected chi connectivity index (χ3v) is 3.97. The number of nitrogens with one attached hydrogen (secondary N) is 2. The normalized spacial score (nSPS) is 10.3. The molecule has 3 heterocycles. The van der Waals surface area contributed by atoms with E-state index in [-0.39, 0.29) is 6.03 Å². The zero-order chi connectivity index (χ0) is 19.2. The lowest BCUT2D eigenvalue weighted by molar-refractivity contribution is 0.262. The highest BCUT2D eigenvalue weighted by molar-refractivity contribution is 6.00. The van der Waals surface area contributed by atoms with Crippen molar-refractivity contribution < 1.29 is 4.79 Å². The Morgan fingerprint density at radius 3 is 1.68 bits per heavy atom. The van der Waals surface area contributed by atoms with Crippen molar-refractivity contribution in [3.05, 3.63) is 91.3 Å². The standard InChI is InChI=1S/C22H17N5O/c28-22(25-16-8-2-1-3-9-16)26-17-14-20(18-10-4-6-12-23-18)27-21(15-17)19-11-5-7-13-24-19/h1-15H,(H2,25,26,27,28). The number of anilines is 2. The average molecular weight is 367 g/mol. The molecule has 28 heavy (non-hydrogen) atoms. The first-order chi connectivity index (χ1) is 13.8. The molecule has 6 nitrogen and oxygen atoms in total. The molecule has 0 fully saturated rings. The summed E-state index contributed by atoms with van der Waals surface area (Å²) in [5.74, 6) is 0. The maximum atomic E-state index is 12.4. The minimum atomic E-state index is -0.337. The Morgan fingerprint density at radius 1 is 0.607 bits per heavy atom. The van der Waals surface area contributed by atoms with Gasteiger partial charge in [-0.2, -0.15) is 0 Å². The summed E-state index contributed by atoms with van der Waals surface area (Å²) in [6.07, 6.45) is 3.42. The second-order valence-corrected chi connectivity index (χ2v) is 6.00. The molecular weight excluding hydrogens is 350 g/mol. The SMILES string of the molecule is O=C(Nc1ccccc1)Nc1cc(-c2ccccn2)nc(-c2ccccn2)c1. The van der Waals surface area contributed by atoms with E-state index in [4.69, 9.17) is 0 Å². The molecule has 4 aromatic rings. The van der Waals surface area contributed by atoms with Gasteiger partial charge < -0.3 is 10.6 Å². The molecule has 0 bridgehead atoms. The highest BCUT2D eigenvalue weighted by Crippen LogP contribution is 2.25. The molecule has 0 radical (unpaired) electrons. The van der Waals surface area contributed by atoms with E-state index in [9.17, 15) is 4.79 Å². The number of hydrogen-bond donors (Lipinski definition) is 2. The molecule has 0 saturated heterocycles. The minimum Gasteiger partial charge on any atom is -0.308 e. The topological polar surface area (TPSA) is 79.8 Å². The van der Waals surface area contributed by atoms with E-state index in [0.717, 1.165) is 0 Å². The van der Waals surface area contributed by atoms with Gasteiger partial charge in [0.2, 0.25) is 0 Å². The monoisotopic (exact) mass is 367 g/mol. The molecule has 6 heteroatoms. The highest BCUT2D eigenvalue weighted by atomic mass is 16.2. The summed E-state index contributed by atoms with van der Waals surface area (Å²) in [6.45, 7) is 0. The Morgan fingerprint density at radius 2 is 1.14 bits per heavy atom. The van der Waals surface area contributed by atoms with Crippen LogP contribution in [0, 0.1) is 0 Å². The molecular formula is C22H17N5O. The molecule has 0 aliphatic carbocycles. The molecule has 4 rings (SSSR count). The first kappa shape index (κ1) is 17.4. The number of carbonyl (C=O) groups is 1. The number of rotatable bonds is 4. The van der Waals surface area contributed by atoms with E-state index in [0.29, 0.717) is 34.2 Å². The maximum Gasteiger partial charge on any atom is 0.323 e. The first-order valence-electron chi connectivity index (χ1n) is 8.76. The summed E-state index contributed by atoms with van der Waals surface area (Å²) >= 11 is 0. The molecule has 3 aromatic heterocycles. The van der Waals surface area contributed by atoms with Crippen LogP contribution < -0.4 is 10.6 Å². The van der Waals surface area contributed by atoms with Crippen molar-refractivity contribution in [1.29, 1.82) is 0 Å². The van der Waals surface area contributed by atoms with Crippen LogP contribution in [0.3, 0.4) is 0 Å². The van der Waals surface area contributed by atoms with Crippen LogP contribution >= 0.6 is 0 Å². The highest BCUT2D eigenvalue weighted by Gasteiger charge is 2.11. The fourth-order valence-electron chi connectivity index (χ4n) is 2.71. The van der Waals surface area contributed by atoms with E-state index in [1.165, 1.54) is 0 Å². The predicted molar refractivity (Wildman–Crippen MR) is 110 cm³/mol. The van der Waals surface area contributed by atoms with E-state index in [2.05, 4.69) is 25.6 Å². The second kappa shape index (κ2) is 8.09. The summed E-state index contributed by atoms with van der Waals surface area (Å²) in [5, 5.41) is 5.67. The molecule has 0 aliphatic rings. The Kier molecular flexibility index (Phi) is 5.02. The molecule has 0 saturated carbocycles. The number of para-hydroxylation sites is 1. The number of nitrogens with zero attached hydrogens (tertiary/aromatic N) is 3. The third-order valence-electron chi connectivity index (χ3n) is 3.97. The van der Waals surface area contributed by atoms with Crippen LogP contribution in [0.1, 0.15) is 0 Å². The van der Waals surface area contributed by atoms with Crippen molar-refractivity contribution in [2.24, 2.45) is 0 Å². The van der Waals surface area contributed by atoms with Crippen LogP contribution in [-0.4, -0.2) is 21.0 Å². The van der Waals surface area contributed by atoms with Crippen molar-refractivity contribution in [3.63, 3.8) is 0 Å². The van der Waals surface area contributed by atoms with Gasteiger partial charge in [-0.3, -0.25) is 9.97 Å². The third kappa shape index (κ3) is 4.19. The van der Waals surface area contributed by atoms with E-state index < -0.39 is 0 Å². The van der Waals surface area contributed by atoms with Crippen molar-refractivity contribution >= 4 is 17.4 Å². The maximum absolute atomic E-state index is 12.4. The van der Waals surface area contributed by atoms with Gasteiger partial charge in [-0.15, -0.1) is 0 Å². The molecule has 136 valence electrons. The van der Waals surface area contributed by atoms with Crippen LogP contribution in [0.2, 0.25) is 0 Å². The van der Waals surface area contributed by atoms with Crippen molar-refractivity contribution in [1.82, 2.24) is 15.0 Å². The number of hydrogen-bond acceptors (Lipinski definition) is 4. The number of carbonyl (C=O) groups excluding carboxylic acids is 1. The lowest BCUT2D eigenvalue weighted by atomic mass is 10.1. The Labute approximate surface area is 162 Å². The van der Waals surface area contributed by atoms with Gasteiger partial charge in [0.1, 0.15) is 0 Å². The lowest BCUT2D eigenvalue weighted by Gasteiger charge is -2.11. The van der Waals surface area contributed by atoms with E-state index >= 15 is 0 Å². The lowest BCUT2D eigenvalue weighted by Crippen LogP contribution is -2.19. The number of amides is 2. The van der Waals surface area contributed by atoms with Crippen LogP contribution in [0.5, 0.6) is 0 Å². The van der Waals surface area contributed by atoms with Gasteiger partial charge in [0.05, 0.1) is 22.8 Å². The van der Waals surface area contributed by atoms with Crippen molar-refractivity contribution in [3.8, 4) is 22.8 Å². The van der Waals surface area contributed by atoms with Gasteiger partial charge in [-0.1, -0.05) is 30.3 Å². The Hall–Kier alpha value is -4.06. The van der Waals surface area contributed by atoms with Crippen LogP contribution in [-0.2, 0) is 0 Å². The quantitative estimate of drug-likeness (QED) is 0.540. The van der Waals surface area contributed by atoms with E-state index in [1.54, 1.807) is 24.5 Å². The van der Waals surface area contributed by atoms with Gasteiger partial charge in [0, 0.05) is 23.8 Å². The summed E-state index contributed by atoms with van der Waals surface area (Å²) in [4.78, 5) is 25.8. The second-order valence-electron chi connectivity index (χ2n) is 6.00. The molecule has 1 aromatic carbocycles. The van der Waals surface area contributed by atoms with Crippen LogP contribution in [0.25, 0.3) is 22.8 Å². The first-order valence-corrected chi connectivity index (χ1v) is 8.76. The Balaban J connectivity index is 1.67. The molecule has 2 amide bonds. The van der Waals surface area contributed by atoms with Gasteiger partial charge in [-0.05, 0) is 48.5 Å². The van der Waals surface area contributed by atoms with Crippen LogP contribution in [0.4, 0.5) is 16.2 Å². The van der Waals surface area contributed by atoms with E-state index in [1.807, 2.05) is 66.7 Å². The average Bonchev–Trinajstić information content (AvgIpc) is 2.75. The molecule has 0 aliphatic heterocycles. The number of aromatic nitrogens is 3. The zero-order valence-corrected chi connectivity index (χ0v) is 14.9. The fourth-order valence-corrected chi connectivity index (χ4v) is 2.71. The summed E-state index contributed by atoms with van der Waals surface area (Å²) in [5.41, 5.74) is 4.05. The Bertz CT molecular complexity index is 1010. The molecule has 0 spiro atoms. The van der Waals surface area contributed by atoms with Gasteiger partial charge in [0.15, 0.2) is 0 Å². The zero-order valence-electron chi connectivity index (χ0n) is 14.9. The molecule has 0 unspecified atom stereocenters. The molecule has 2 N–H and O–H groups in total. The number of urea groups is 1.